The molecule has 0 radical (unpaired) electrons. The molecular formula is C20H21FN2O3. The van der Waals surface area contributed by atoms with Crippen molar-refractivity contribution in [3.05, 3.63) is 53.3 Å². The number of amides is 2. The molecule has 1 aliphatic heterocycles. The number of halogens is 1. The molecule has 2 aromatic rings. The summed E-state index contributed by atoms with van der Waals surface area (Å²) in [6.45, 7) is 4.78. The number of carbonyl (C=O) groups is 1. The van der Waals surface area contributed by atoms with E-state index in [1.54, 1.807) is 24.3 Å². The second-order valence-corrected chi connectivity index (χ2v) is 6.41. The van der Waals surface area contributed by atoms with Gasteiger partial charge in [-0.05, 0) is 41.8 Å². The van der Waals surface area contributed by atoms with Gasteiger partial charge in [-0.3, -0.25) is 0 Å². The molecule has 3 rings (SSSR count). The lowest BCUT2D eigenvalue weighted by atomic mass is 10.1. The van der Waals surface area contributed by atoms with Gasteiger partial charge in [0.25, 0.3) is 0 Å². The third-order valence-corrected chi connectivity index (χ3v) is 3.78. The normalized spacial score (nSPS) is 12.6. The minimum absolute atomic E-state index is 0.219. The van der Waals surface area contributed by atoms with Crippen molar-refractivity contribution in [1.29, 1.82) is 0 Å². The summed E-state index contributed by atoms with van der Waals surface area (Å²) in [7, 11) is 0. The highest BCUT2D eigenvalue weighted by molar-refractivity contribution is 5.89. The number of carbonyl (C=O) groups excluding carboxylic acids is 1. The molecule has 0 saturated heterocycles. The predicted molar refractivity (Wildman–Crippen MR) is 99.8 cm³/mol. The quantitative estimate of drug-likeness (QED) is 0.776. The number of benzene rings is 2. The third kappa shape index (κ3) is 4.53. The Bertz CT molecular complexity index is 834. The van der Waals surface area contributed by atoms with Crippen LogP contribution in [0.5, 0.6) is 11.5 Å². The largest absolute Gasteiger partial charge is 0.454 e. The van der Waals surface area contributed by atoms with Crippen LogP contribution in [0.1, 0.15) is 25.0 Å². The smallest absolute Gasteiger partial charge is 0.319 e. The highest BCUT2D eigenvalue weighted by Gasteiger charge is 2.12. The summed E-state index contributed by atoms with van der Waals surface area (Å²) in [4.78, 5) is 11.7. The number of fused-ring (bicyclic) bond motifs is 1. The molecule has 0 atom stereocenters. The van der Waals surface area contributed by atoms with E-state index in [4.69, 9.17) is 9.47 Å². The van der Waals surface area contributed by atoms with Crippen molar-refractivity contribution >= 4 is 23.9 Å². The number of urea groups is 1. The van der Waals surface area contributed by atoms with E-state index in [2.05, 4.69) is 10.6 Å². The van der Waals surface area contributed by atoms with Gasteiger partial charge in [0.1, 0.15) is 5.82 Å². The van der Waals surface area contributed by atoms with Gasteiger partial charge in [-0.1, -0.05) is 32.1 Å². The number of anilines is 1. The first-order chi connectivity index (χ1) is 12.5. The van der Waals surface area contributed by atoms with E-state index in [1.165, 1.54) is 6.07 Å². The van der Waals surface area contributed by atoms with Gasteiger partial charge >= 0.3 is 6.03 Å². The predicted octanol–water partition coefficient (Wildman–Crippen LogP) is 4.50. The van der Waals surface area contributed by atoms with Crippen LogP contribution in [-0.2, 0) is 0 Å². The first-order valence-corrected chi connectivity index (χ1v) is 8.43. The molecule has 0 aromatic heterocycles. The first-order valence-electron chi connectivity index (χ1n) is 8.43. The van der Waals surface area contributed by atoms with E-state index in [1.807, 2.05) is 32.0 Å². The summed E-state index contributed by atoms with van der Waals surface area (Å²) in [6, 6.07) is 9.77. The monoisotopic (exact) mass is 356 g/mol. The SMILES string of the molecule is CC(C)CNC(=O)Nc1ccc(/C=C/c2ccc3c(c2)OCO3)c(F)c1. The van der Waals surface area contributed by atoms with E-state index in [9.17, 15) is 9.18 Å². The summed E-state index contributed by atoms with van der Waals surface area (Å²) in [5, 5.41) is 5.35. The molecule has 5 nitrogen and oxygen atoms in total. The molecule has 0 unspecified atom stereocenters. The average Bonchev–Trinajstić information content (AvgIpc) is 3.07. The molecule has 6 heteroatoms. The average molecular weight is 356 g/mol. The van der Waals surface area contributed by atoms with Crippen LogP contribution >= 0.6 is 0 Å². The van der Waals surface area contributed by atoms with Crippen LogP contribution in [0.25, 0.3) is 12.2 Å². The standard InChI is InChI=1S/C20H21FN2O3/c1-13(2)11-22-20(24)23-16-7-6-15(17(21)10-16)5-3-14-4-8-18-19(9-14)26-12-25-18/h3-10,13H,11-12H2,1-2H3,(H2,22,23,24)/b5-3+. The summed E-state index contributed by atoms with van der Waals surface area (Å²) in [5.74, 6) is 1.32. The van der Waals surface area contributed by atoms with Gasteiger partial charge in [0.15, 0.2) is 11.5 Å². The molecule has 0 aliphatic carbocycles. The van der Waals surface area contributed by atoms with Crippen LogP contribution in [-0.4, -0.2) is 19.4 Å². The highest BCUT2D eigenvalue weighted by Crippen LogP contribution is 2.33. The Morgan fingerprint density at radius 1 is 1.15 bits per heavy atom. The maximum Gasteiger partial charge on any atom is 0.319 e. The minimum atomic E-state index is -0.413. The number of ether oxygens (including phenoxy) is 2. The van der Waals surface area contributed by atoms with Gasteiger partial charge in [-0.25, -0.2) is 9.18 Å². The van der Waals surface area contributed by atoms with Crippen molar-refractivity contribution in [1.82, 2.24) is 5.32 Å². The summed E-state index contributed by atoms with van der Waals surface area (Å²) in [5.41, 5.74) is 1.71. The second kappa shape index (κ2) is 7.91. The van der Waals surface area contributed by atoms with Crippen LogP contribution in [0.15, 0.2) is 36.4 Å². The van der Waals surface area contributed by atoms with E-state index in [0.717, 1.165) is 5.56 Å². The number of hydrogen-bond donors (Lipinski definition) is 2. The van der Waals surface area contributed by atoms with Crippen LogP contribution in [0.3, 0.4) is 0 Å². The number of rotatable bonds is 5. The molecule has 1 aliphatic rings. The molecule has 1 heterocycles. The van der Waals surface area contributed by atoms with Crippen molar-refractivity contribution in [2.24, 2.45) is 5.92 Å². The van der Waals surface area contributed by atoms with Crippen molar-refractivity contribution in [3.8, 4) is 11.5 Å². The summed E-state index contributed by atoms with van der Waals surface area (Å²) in [6.07, 6.45) is 3.47. The van der Waals surface area contributed by atoms with Crippen LogP contribution < -0.4 is 20.1 Å². The van der Waals surface area contributed by atoms with Gasteiger partial charge in [-0.2, -0.15) is 0 Å². The number of hydrogen-bond acceptors (Lipinski definition) is 3. The van der Waals surface area contributed by atoms with Gasteiger partial charge in [0.2, 0.25) is 6.79 Å². The Hall–Kier alpha value is -3.02. The maximum absolute atomic E-state index is 14.3. The Balaban J connectivity index is 1.65. The molecule has 2 aromatic carbocycles. The lowest BCUT2D eigenvalue weighted by molar-refractivity contribution is 0.174. The summed E-state index contributed by atoms with van der Waals surface area (Å²) < 4.78 is 24.9. The fourth-order valence-corrected chi connectivity index (χ4v) is 2.41. The van der Waals surface area contributed by atoms with Crippen molar-refractivity contribution in [2.75, 3.05) is 18.7 Å². The Kier molecular flexibility index (Phi) is 5.41. The minimum Gasteiger partial charge on any atom is -0.454 e. The topological polar surface area (TPSA) is 59.6 Å². The van der Waals surface area contributed by atoms with Gasteiger partial charge in [0.05, 0.1) is 0 Å². The van der Waals surface area contributed by atoms with Crippen LogP contribution in [0, 0.1) is 11.7 Å². The number of nitrogens with one attached hydrogen (secondary N) is 2. The molecule has 0 spiro atoms. The molecule has 2 N–H and O–H groups in total. The zero-order valence-corrected chi connectivity index (χ0v) is 14.7. The lowest BCUT2D eigenvalue weighted by Crippen LogP contribution is -2.31. The Labute approximate surface area is 151 Å². The van der Waals surface area contributed by atoms with E-state index < -0.39 is 5.82 Å². The molecule has 0 bridgehead atoms. The Morgan fingerprint density at radius 3 is 2.73 bits per heavy atom. The van der Waals surface area contributed by atoms with Gasteiger partial charge in [-0.15, -0.1) is 0 Å². The zero-order chi connectivity index (χ0) is 18.5. The first kappa shape index (κ1) is 17.8. The fraction of sp³-hybridized carbons (Fsp3) is 0.250. The summed E-state index contributed by atoms with van der Waals surface area (Å²) >= 11 is 0. The van der Waals surface area contributed by atoms with E-state index >= 15 is 0 Å². The van der Waals surface area contributed by atoms with Crippen molar-refractivity contribution in [3.63, 3.8) is 0 Å². The van der Waals surface area contributed by atoms with Crippen molar-refractivity contribution in [2.45, 2.75) is 13.8 Å². The molecule has 0 fully saturated rings. The van der Waals surface area contributed by atoms with Crippen molar-refractivity contribution < 1.29 is 18.7 Å². The fourth-order valence-electron chi connectivity index (χ4n) is 2.41. The molecule has 26 heavy (non-hydrogen) atoms. The molecule has 136 valence electrons. The second-order valence-electron chi connectivity index (χ2n) is 6.41. The molecule has 0 saturated carbocycles. The lowest BCUT2D eigenvalue weighted by Gasteiger charge is -2.10. The molecule has 2 amide bonds. The maximum atomic E-state index is 14.3. The van der Waals surface area contributed by atoms with Crippen LogP contribution in [0.4, 0.5) is 14.9 Å². The van der Waals surface area contributed by atoms with E-state index in [-0.39, 0.29) is 12.8 Å². The van der Waals surface area contributed by atoms with Gasteiger partial charge < -0.3 is 20.1 Å². The zero-order valence-electron chi connectivity index (χ0n) is 14.7. The van der Waals surface area contributed by atoms with Crippen LogP contribution in [0.2, 0.25) is 0 Å². The highest BCUT2D eigenvalue weighted by atomic mass is 19.1. The third-order valence-electron chi connectivity index (χ3n) is 3.78. The Morgan fingerprint density at radius 2 is 1.96 bits per heavy atom. The molecular weight excluding hydrogens is 335 g/mol. The van der Waals surface area contributed by atoms with Gasteiger partial charge in [0, 0.05) is 17.8 Å². The van der Waals surface area contributed by atoms with E-state index in [0.29, 0.717) is 35.2 Å².